The van der Waals surface area contributed by atoms with Gasteiger partial charge < -0.3 is 0 Å². The molecule has 0 saturated heterocycles. The van der Waals surface area contributed by atoms with Crippen LogP contribution in [0.15, 0.2) is 29.8 Å². The molecule has 0 radical (unpaired) electrons. The van der Waals surface area contributed by atoms with Crippen LogP contribution in [0.3, 0.4) is 0 Å². The molecular formula is C16H18O2. The molecule has 0 N–H and O–H groups in total. The van der Waals surface area contributed by atoms with E-state index in [0.717, 1.165) is 24.8 Å². The molecule has 0 aromatic heterocycles. The fourth-order valence-electron chi connectivity index (χ4n) is 2.38. The van der Waals surface area contributed by atoms with Gasteiger partial charge in [0.05, 0.1) is 0 Å². The number of ketones is 2. The molecule has 0 unspecified atom stereocenters. The van der Waals surface area contributed by atoms with E-state index in [-0.39, 0.29) is 11.6 Å². The van der Waals surface area contributed by atoms with Crippen molar-refractivity contribution >= 4 is 11.6 Å². The molecule has 1 aliphatic carbocycles. The SMILES string of the molecule is CCCCC1=CC(=O)c2cccc(CC)c2C1=O. The number of carbonyl (C=O) groups excluding carboxylic acids is 2. The molecule has 1 aliphatic rings. The number of rotatable bonds is 4. The Morgan fingerprint density at radius 2 is 1.89 bits per heavy atom. The number of benzene rings is 1. The number of allylic oxidation sites excluding steroid dienone is 2. The summed E-state index contributed by atoms with van der Waals surface area (Å²) in [7, 11) is 0. The van der Waals surface area contributed by atoms with Crippen LogP contribution in [0.25, 0.3) is 0 Å². The number of Topliss-reactive ketones (excluding diaryl/α,β-unsaturated/α-hetero) is 1. The Morgan fingerprint density at radius 3 is 2.56 bits per heavy atom. The van der Waals surface area contributed by atoms with Crippen molar-refractivity contribution in [2.24, 2.45) is 0 Å². The van der Waals surface area contributed by atoms with E-state index >= 15 is 0 Å². The number of hydrogen-bond acceptors (Lipinski definition) is 2. The second-order valence-corrected chi connectivity index (χ2v) is 4.66. The van der Waals surface area contributed by atoms with Crippen LogP contribution in [0.1, 0.15) is 59.4 Å². The van der Waals surface area contributed by atoms with Crippen LogP contribution >= 0.6 is 0 Å². The van der Waals surface area contributed by atoms with Gasteiger partial charge in [0.1, 0.15) is 0 Å². The van der Waals surface area contributed by atoms with Crippen molar-refractivity contribution < 1.29 is 9.59 Å². The van der Waals surface area contributed by atoms with E-state index in [1.807, 2.05) is 19.1 Å². The third-order valence-electron chi connectivity index (χ3n) is 3.42. The third kappa shape index (κ3) is 2.15. The summed E-state index contributed by atoms with van der Waals surface area (Å²) in [6.45, 7) is 4.10. The Morgan fingerprint density at radius 1 is 1.11 bits per heavy atom. The average Bonchev–Trinajstić information content (AvgIpc) is 2.40. The Balaban J connectivity index is 2.45. The van der Waals surface area contributed by atoms with Crippen LogP contribution in [0.2, 0.25) is 0 Å². The molecule has 0 aliphatic heterocycles. The van der Waals surface area contributed by atoms with E-state index in [9.17, 15) is 9.59 Å². The lowest BCUT2D eigenvalue weighted by atomic mass is 9.84. The van der Waals surface area contributed by atoms with Crippen molar-refractivity contribution in [1.82, 2.24) is 0 Å². The monoisotopic (exact) mass is 242 g/mol. The number of fused-ring (bicyclic) bond motifs is 1. The fraction of sp³-hybridized carbons (Fsp3) is 0.375. The molecule has 1 aromatic carbocycles. The molecule has 0 amide bonds. The highest BCUT2D eigenvalue weighted by Gasteiger charge is 2.26. The van der Waals surface area contributed by atoms with Gasteiger partial charge in [0.15, 0.2) is 11.6 Å². The maximum absolute atomic E-state index is 12.4. The quantitative estimate of drug-likeness (QED) is 0.806. The largest absolute Gasteiger partial charge is 0.289 e. The van der Waals surface area contributed by atoms with Gasteiger partial charge in [-0.1, -0.05) is 38.5 Å². The minimum Gasteiger partial charge on any atom is -0.289 e. The molecular weight excluding hydrogens is 224 g/mol. The highest BCUT2D eigenvalue weighted by molar-refractivity contribution is 6.25. The van der Waals surface area contributed by atoms with Gasteiger partial charge >= 0.3 is 0 Å². The number of unbranched alkanes of at least 4 members (excludes halogenated alkanes) is 1. The Hall–Kier alpha value is -1.70. The summed E-state index contributed by atoms with van der Waals surface area (Å²) in [5, 5.41) is 0. The summed E-state index contributed by atoms with van der Waals surface area (Å²) in [5.74, 6) is 0.0292. The summed E-state index contributed by atoms with van der Waals surface area (Å²) < 4.78 is 0. The maximum Gasteiger partial charge on any atom is 0.190 e. The first-order valence-corrected chi connectivity index (χ1v) is 6.60. The summed E-state index contributed by atoms with van der Waals surface area (Å²) >= 11 is 0. The molecule has 1 aromatic rings. The van der Waals surface area contributed by atoms with Crippen molar-refractivity contribution in [2.45, 2.75) is 39.5 Å². The minimum absolute atomic E-state index is 0.0222. The van der Waals surface area contributed by atoms with Crippen LogP contribution in [-0.4, -0.2) is 11.6 Å². The molecule has 0 spiro atoms. The Labute approximate surface area is 108 Å². The molecule has 0 bridgehead atoms. The highest BCUT2D eigenvalue weighted by Crippen LogP contribution is 2.27. The van der Waals surface area contributed by atoms with E-state index in [4.69, 9.17) is 0 Å². The molecule has 2 rings (SSSR count). The van der Waals surface area contributed by atoms with Crippen LogP contribution in [0.5, 0.6) is 0 Å². The van der Waals surface area contributed by atoms with Gasteiger partial charge in [-0.2, -0.15) is 0 Å². The molecule has 0 fully saturated rings. The van der Waals surface area contributed by atoms with Gasteiger partial charge in [0.2, 0.25) is 0 Å². The van der Waals surface area contributed by atoms with Crippen molar-refractivity contribution in [3.05, 3.63) is 46.5 Å². The predicted molar refractivity (Wildman–Crippen MR) is 72.1 cm³/mol. The number of aryl methyl sites for hydroxylation is 1. The van der Waals surface area contributed by atoms with E-state index < -0.39 is 0 Å². The summed E-state index contributed by atoms with van der Waals surface area (Å²) in [4.78, 5) is 24.5. The van der Waals surface area contributed by atoms with Crippen molar-refractivity contribution in [1.29, 1.82) is 0 Å². The zero-order valence-electron chi connectivity index (χ0n) is 11.0. The minimum atomic E-state index is -0.0222. The van der Waals surface area contributed by atoms with Gasteiger partial charge in [-0.25, -0.2) is 0 Å². The third-order valence-corrected chi connectivity index (χ3v) is 3.42. The highest BCUT2D eigenvalue weighted by atomic mass is 16.1. The van der Waals surface area contributed by atoms with Crippen LogP contribution in [-0.2, 0) is 6.42 Å². The average molecular weight is 242 g/mol. The zero-order valence-corrected chi connectivity index (χ0v) is 11.0. The molecule has 94 valence electrons. The van der Waals surface area contributed by atoms with Crippen LogP contribution < -0.4 is 0 Å². The first-order chi connectivity index (χ1) is 8.69. The molecule has 0 heterocycles. The lowest BCUT2D eigenvalue weighted by Crippen LogP contribution is -2.19. The Kier molecular flexibility index (Phi) is 3.75. The van der Waals surface area contributed by atoms with Gasteiger partial charge in [-0.3, -0.25) is 9.59 Å². The maximum atomic E-state index is 12.4. The zero-order chi connectivity index (χ0) is 13.1. The van der Waals surface area contributed by atoms with Gasteiger partial charge in [0, 0.05) is 16.7 Å². The first-order valence-electron chi connectivity index (χ1n) is 6.60. The van der Waals surface area contributed by atoms with Crippen LogP contribution in [0, 0.1) is 0 Å². The van der Waals surface area contributed by atoms with Crippen molar-refractivity contribution in [3.8, 4) is 0 Å². The normalized spacial score (nSPS) is 14.4. The number of carbonyl (C=O) groups is 2. The molecule has 2 heteroatoms. The summed E-state index contributed by atoms with van der Waals surface area (Å²) in [6, 6.07) is 5.54. The molecule has 18 heavy (non-hydrogen) atoms. The van der Waals surface area contributed by atoms with Gasteiger partial charge in [-0.15, -0.1) is 0 Å². The summed E-state index contributed by atoms with van der Waals surface area (Å²) in [5.41, 5.74) is 2.86. The standard InChI is InChI=1S/C16H18O2/c1-3-5-7-12-10-14(17)13-9-6-8-11(4-2)15(13)16(12)18/h6,8-10H,3-5,7H2,1-2H3. The van der Waals surface area contributed by atoms with E-state index in [1.54, 1.807) is 6.07 Å². The van der Waals surface area contributed by atoms with Gasteiger partial charge in [-0.05, 0) is 30.9 Å². The van der Waals surface area contributed by atoms with Crippen molar-refractivity contribution in [3.63, 3.8) is 0 Å². The lowest BCUT2D eigenvalue weighted by molar-refractivity contribution is 0.0980. The molecule has 2 nitrogen and oxygen atoms in total. The first kappa shape index (κ1) is 12.7. The smallest absolute Gasteiger partial charge is 0.190 e. The van der Waals surface area contributed by atoms with Gasteiger partial charge in [0.25, 0.3) is 0 Å². The fourth-order valence-corrected chi connectivity index (χ4v) is 2.38. The van der Waals surface area contributed by atoms with E-state index in [0.29, 0.717) is 23.1 Å². The number of hydrogen-bond donors (Lipinski definition) is 0. The van der Waals surface area contributed by atoms with E-state index in [1.165, 1.54) is 6.08 Å². The van der Waals surface area contributed by atoms with Crippen LogP contribution in [0.4, 0.5) is 0 Å². The molecule has 0 saturated carbocycles. The Bertz CT molecular complexity index is 524. The summed E-state index contributed by atoms with van der Waals surface area (Å²) in [6.07, 6.45) is 5.00. The van der Waals surface area contributed by atoms with E-state index in [2.05, 4.69) is 6.92 Å². The van der Waals surface area contributed by atoms with Crippen molar-refractivity contribution in [2.75, 3.05) is 0 Å². The topological polar surface area (TPSA) is 34.1 Å². The predicted octanol–water partition coefficient (Wildman–Crippen LogP) is 3.74. The molecule has 0 atom stereocenters. The second kappa shape index (κ2) is 5.30. The lowest BCUT2D eigenvalue weighted by Gasteiger charge is -2.17. The second-order valence-electron chi connectivity index (χ2n) is 4.66.